The monoisotopic (exact) mass is 858 g/mol. The van der Waals surface area contributed by atoms with Crippen molar-refractivity contribution in [3.63, 3.8) is 0 Å². The first-order valence-corrected chi connectivity index (χ1v) is 24.1. The van der Waals surface area contributed by atoms with E-state index in [0.29, 0.717) is 5.92 Å². The Labute approximate surface area is 392 Å². The number of allylic oxidation sites excluding steroid dienone is 4. The molecule has 2 aliphatic carbocycles. The van der Waals surface area contributed by atoms with E-state index in [1.807, 2.05) is 0 Å². The van der Waals surface area contributed by atoms with Crippen molar-refractivity contribution in [3.05, 3.63) is 234 Å². The van der Waals surface area contributed by atoms with E-state index >= 15 is 0 Å². The Morgan fingerprint density at radius 3 is 1.79 bits per heavy atom. The number of benzene rings is 9. The van der Waals surface area contributed by atoms with Crippen molar-refractivity contribution in [1.82, 2.24) is 4.40 Å². The molecule has 2 aromatic heterocycles. The van der Waals surface area contributed by atoms with Crippen molar-refractivity contribution >= 4 is 60.7 Å². The first kappa shape index (κ1) is 39.4. The van der Waals surface area contributed by atoms with E-state index in [0.717, 1.165) is 36.3 Å². The predicted molar refractivity (Wildman–Crippen MR) is 285 cm³/mol. The molecular formula is C65H50N2. The van der Waals surface area contributed by atoms with Crippen LogP contribution in [-0.2, 0) is 6.42 Å². The topological polar surface area (TPSA) is 7.65 Å². The molecule has 2 aliphatic rings. The fourth-order valence-corrected chi connectivity index (χ4v) is 12.1. The SMILES string of the molecule is C/C=C\C1=C(CC)c2cccc(-c3ccc(N(c4ccc(-c5ccccc5)cc4)c4ccc5c(c4)Cc4cc(-c6cccc7c8cccc9c%10ccccc%10n(c67)c98)ccc4-5)cc3)c2C1CC. The minimum Gasteiger partial charge on any atom is -0.310 e. The van der Waals surface area contributed by atoms with Gasteiger partial charge in [0.25, 0.3) is 0 Å². The van der Waals surface area contributed by atoms with Crippen LogP contribution in [0.4, 0.5) is 17.1 Å². The summed E-state index contributed by atoms with van der Waals surface area (Å²) in [5.41, 5.74) is 26.1. The molecular weight excluding hydrogens is 809 g/mol. The molecule has 0 N–H and O–H groups in total. The van der Waals surface area contributed by atoms with E-state index in [2.05, 4.69) is 236 Å². The molecule has 11 aromatic rings. The summed E-state index contributed by atoms with van der Waals surface area (Å²) in [5, 5.41) is 5.25. The number of aromatic nitrogens is 1. The molecule has 2 heterocycles. The molecule has 13 rings (SSSR count). The molecule has 0 fully saturated rings. The number of hydrogen-bond acceptors (Lipinski definition) is 1. The second-order valence-electron chi connectivity index (χ2n) is 18.5. The van der Waals surface area contributed by atoms with Crippen molar-refractivity contribution in [2.45, 2.75) is 46.0 Å². The molecule has 2 heteroatoms. The van der Waals surface area contributed by atoms with Crippen LogP contribution in [0.1, 0.15) is 61.8 Å². The van der Waals surface area contributed by atoms with Crippen molar-refractivity contribution in [2.24, 2.45) is 0 Å². The highest BCUT2D eigenvalue weighted by Crippen LogP contribution is 2.51. The molecule has 320 valence electrons. The molecule has 0 amide bonds. The first-order valence-electron chi connectivity index (χ1n) is 24.1. The maximum absolute atomic E-state index is 2.51. The van der Waals surface area contributed by atoms with Crippen LogP contribution in [0.15, 0.2) is 212 Å². The molecule has 1 atom stereocenters. The van der Waals surface area contributed by atoms with E-state index in [4.69, 9.17) is 0 Å². The van der Waals surface area contributed by atoms with Gasteiger partial charge < -0.3 is 9.30 Å². The normalized spacial score (nSPS) is 14.3. The van der Waals surface area contributed by atoms with Crippen LogP contribution in [0.25, 0.3) is 88.2 Å². The lowest BCUT2D eigenvalue weighted by molar-refractivity contribution is 0.792. The highest BCUT2D eigenvalue weighted by Gasteiger charge is 2.31. The summed E-state index contributed by atoms with van der Waals surface area (Å²) in [5.74, 6) is 0.402. The largest absolute Gasteiger partial charge is 0.310 e. The van der Waals surface area contributed by atoms with Crippen LogP contribution in [0.5, 0.6) is 0 Å². The molecule has 0 radical (unpaired) electrons. The molecule has 67 heavy (non-hydrogen) atoms. The lowest BCUT2D eigenvalue weighted by atomic mass is 9.87. The fraction of sp³-hybridized carbons (Fsp3) is 0.108. The Morgan fingerprint density at radius 1 is 0.478 bits per heavy atom. The van der Waals surface area contributed by atoms with Crippen LogP contribution >= 0.6 is 0 Å². The van der Waals surface area contributed by atoms with E-state index in [-0.39, 0.29) is 0 Å². The molecule has 0 bridgehead atoms. The van der Waals surface area contributed by atoms with Crippen LogP contribution in [0.3, 0.4) is 0 Å². The smallest absolute Gasteiger partial charge is 0.0620 e. The van der Waals surface area contributed by atoms with Gasteiger partial charge in [-0.15, -0.1) is 0 Å². The summed E-state index contributed by atoms with van der Waals surface area (Å²) >= 11 is 0. The van der Waals surface area contributed by atoms with E-state index in [1.165, 1.54) is 116 Å². The van der Waals surface area contributed by atoms with E-state index in [9.17, 15) is 0 Å². The number of hydrogen-bond donors (Lipinski definition) is 0. The van der Waals surface area contributed by atoms with Gasteiger partial charge in [0.15, 0.2) is 0 Å². The lowest BCUT2D eigenvalue weighted by Gasteiger charge is -2.27. The van der Waals surface area contributed by atoms with E-state index < -0.39 is 0 Å². The highest BCUT2D eigenvalue weighted by atomic mass is 15.1. The lowest BCUT2D eigenvalue weighted by Crippen LogP contribution is -2.10. The second-order valence-corrected chi connectivity index (χ2v) is 18.5. The van der Waals surface area contributed by atoms with Crippen molar-refractivity contribution in [2.75, 3.05) is 4.90 Å². The third-order valence-electron chi connectivity index (χ3n) is 15.0. The third kappa shape index (κ3) is 6.02. The molecule has 0 aliphatic heterocycles. The number of para-hydroxylation sites is 3. The molecule has 1 unspecified atom stereocenters. The zero-order chi connectivity index (χ0) is 44.8. The third-order valence-corrected chi connectivity index (χ3v) is 15.0. The van der Waals surface area contributed by atoms with Gasteiger partial charge in [0.2, 0.25) is 0 Å². The Morgan fingerprint density at radius 2 is 1.04 bits per heavy atom. The summed E-state index contributed by atoms with van der Waals surface area (Å²) in [7, 11) is 0. The van der Waals surface area contributed by atoms with Crippen LogP contribution in [0.2, 0.25) is 0 Å². The van der Waals surface area contributed by atoms with E-state index in [1.54, 1.807) is 0 Å². The predicted octanol–water partition coefficient (Wildman–Crippen LogP) is 18.1. The maximum Gasteiger partial charge on any atom is 0.0620 e. The van der Waals surface area contributed by atoms with Crippen molar-refractivity contribution < 1.29 is 0 Å². The zero-order valence-electron chi connectivity index (χ0n) is 38.2. The summed E-state index contributed by atoms with van der Waals surface area (Å²) in [6, 6.07) is 72.7. The minimum absolute atomic E-state index is 0.402. The van der Waals surface area contributed by atoms with Gasteiger partial charge in [-0.25, -0.2) is 0 Å². The Bertz CT molecular complexity index is 3790. The summed E-state index contributed by atoms with van der Waals surface area (Å²) in [4.78, 5) is 2.44. The first-order chi connectivity index (χ1) is 33.1. The number of anilines is 3. The Balaban J connectivity index is 0.885. The summed E-state index contributed by atoms with van der Waals surface area (Å²) < 4.78 is 2.51. The number of fused-ring (bicyclic) bond motifs is 10. The van der Waals surface area contributed by atoms with Crippen molar-refractivity contribution in [3.8, 4) is 44.5 Å². The van der Waals surface area contributed by atoms with Gasteiger partial charge in [-0.2, -0.15) is 0 Å². The van der Waals surface area contributed by atoms with Gasteiger partial charge >= 0.3 is 0 Å². The van der Waals surface area contributed by atoms with Gasteiger partial charge in [0, 0.05) is 50.1 Å². The highest BCUT2D eigenvalue weighted by molar-refractivity contribution is 6.25. The molecule has 0 saturated carbocycles. The average Bonchev–Trinajstić information content (AvgIpc) is 4.12. The molecule has 2 nitrogen and oxygen atoms in total. The average molecular weight is 859 g/mol. The van der Waals surface area contributed by atoms with Gasteiger partial charge in [0.1, 0.15) is 0 Å². The second kappa shape index (κ2) is 15.6. The van der Waals surface area contributed by atoms with Crippen LogP contribution < -0.4 is 4.90 Å². The zero-order valence-corrected chi connectivity index (χ0v) is 38.2. The quantitative estimate of drug-likeness (QED) is 0.140. The Hall–Kier alpha value is -7.94. The number of nitrogens with zero attached hydrogens (tertiary/aromatic N) is 2. The molecule has 0 saturated heterocycles. The number of rotatable bonds is 9. The molecule has 9 aromatic carbocycles. The van der Waals surface area contributed by atoms with Crippen LogP contribution in [0, 0.1) is 0 Å². The van der Waals surface area contributed by atoms with Gasteiger partial charge in [-0.05, 0) is 141 Å². The Kier molecular flexibility index (Phi) is 9.18. The van der Waals surface area contributed by atoms with Gasteiger partial charge in [0.05, 0.1) is 16.6 Å². The van der Waals surface area contributed by atoms with Crippen molar-refractivity contribution in [1.29, 1.82) is 0 Å². The minimum atomic E-state index is 0.402. The fourth-order valence-electron chi connectivity index (χ4n) is 12.1. The van der Waals surface area contributed by atoms with Crippen LogP contribution in [-0.4, -0.2) is 4.40 Å². The summed E-state index contributed by atoms with van der Waals surface area (Å²) in [6.07, 6.45) is 7.57. The maximum atomic E-state index is 2.51. The van der Waals surface area contributed by atoms with Gasteiger partial charge in [-0.3, -0.25) is 0 Å². The standard InChI is InChI=1S/C65H50N2/c1-4-15-56-50(5-2)58-21-12-19-54(63(58)51(56)6-3)43-28-33-48(34-29-43)66(47-31-26-42(27-32-47)41-16-8-7-9-17-41)49-35-37-53-46(40-49)39-45-38-44(30-36-52(45)53)55-20-13-23-60-61-24-14-22-59-57-18-10-11-25-62(57)67(64(55)60)65(59)61/h4,7-38,40,51H,5-6,39H2,1-3H3/b15-4-. The summed E-state index contributed by atoms with van der Waals surface area (Å²) in [6.45, 7) is 6.77. The van der Waals surface area contributed by atoms with Gasteiger partial charge in [-0.1, -0.05) is 178 Å². The molecule has 0 spiro atoms.